The number of Topliss-reactive ketones (excluding diaryl/α,β-unsaturated/α-hetero) is 1. The Kier molecular flexibility index (Phi) is 6.68. The summed E-state index contributed by atoms with van der Waals surface area (Å²) in [5.41, 5.74) is 7.86. The third-order valence-corrected chi connectivity index (χ3v) is 5.73. The number of pyridine rings is 1. The molecule has 1 amide bonds. The third kappa shape index (κ3) is 5.10. The molecule has 0 saturated heterocycles. The standard InChI is InChI=1S/C22H26ClN3O2/c1-14(20(27)10-9-17-12-19(23)13-25-21(17)24)26-22(28)18-8-7-16(11-18)15-5-3-2-4-6-15/h2-6,12-14,16,18H,7-11H2,1H3,(H2,24,25)(H,26,28)/t14-,16?,18+/m0/s1. The lowest BCUT2D eigenvalue weighted by Crippen LogP contribution is -2.41. The number of carbonyl (C=O) groups is 2. The molecule has 1 aliphatic rings. The summed E-state index contributed by atoms with van der Waals surface area (Å²) in [5, 5.41) is 3.39. The van der Waals surface area contributed by atoms with E-state index in [0.717, 1.165) is 24.8 Å². The molecule has 3 atom stereocenters. The summed E-state index contributed by atoms with van der Waals surface area (Å²) in [6.07, 6.45) is 4.92. The highest BCUT2D eigenvalue weighted by Crippen LogP contribution is 2.38. The van der Waals surface area contributed by atoms with Crippen LogP contribution in [0.1, 0.15) is 49.7 Å². The number of nitrogens with two attached hydrogens (primary N) is 1. The summed E-state index contributed by atoms with van der Waals surface area (Å²) in [7, 11) is 0. The molecule has 28 heavy (non-hydrogen) atoms. The highest BCUT2D eigenvalue weighted by molar-refractivity contribution is 6.30. The second-order valence-electron chi connectivity index (χ2n) is 7.51. The number of aromatic nitrogens is 1. The van der Waals surface area contributed by atoms with Crippen molar-refractivity contribution in [1.29, 1.82) is 0 Å². The molecule has 1 saturated carbocycles. The molecule has 2 aromatic rings. The number of hydrogen-bond donors (Lipinski definition) is 2. The molecular formula is C22H26ClN3O2. The number of nitrogens with zero attached hydrogens (tertiary/aromatic N) is 1. The average Bonchev–Trinajstić information content (AvgIpc) is 3.19. The smallest absolute Gasteiger partial charge is 0.223 e. The molecule has 1 aromatic heterocycles. The first-order valence-corrected chi connectivity index (χ1v) is 10.1. The minimum atomic E-state index is -0.517. The number of amides is 1. The molecule has 1 fully saturated rings. The van der Waals surface area contributed by atoms with Gasteiger partial charge in [-0.2, -0.15) is 0 Å². The Morgan fingerprint density at radius 1 is 1.29 bits per heavy atom. The van der Waals surface area contributed by atoms with Crippen LogP contribution in [0.25, 0.3) is 0 Å². The lowest BCUT2D eigenvalue weighted by atomic mass is 9.96. The number of rotatable bonds is 7. The largest absolute Gasteiger partial charge is 0.383 e. The van der Waals surface area contributed by atoms with Crippen molar-refractivity contribution >= 4 is 29.1 Å². The van der Waals surface area contributed by atoms with Gasteiger partial charge in [0.25, 0.3) is 0 Å². The summed E-state index contributed by atoms with van der Waals surface area (Å²) in [6, 6.07) is 11.5. The van der Waals surface area contributed by atoms with E-state index in [1.165, 1.54) is 11.8 Å². The molecule has 6 heteroatoms. The summed E-state index contributed by atoms with van der Waals surface area (Å²) >= 11 is 5.93. The van der Waals surface area contributed by atoms with E-state index in [0.29, 0.717) is 23.2 Å². The van der Waals surface area contributed by atoms with Crippen molar-refractivity contribution in [3.63, 3.8) is 0 Å². The van der Waals surface area contributed by atoms with Gasteiger partial charge in [0, 0.05) is 18.5 Å². The van der Waals surface area contributed by atoms with Crippen LogP contribution in [0.5, 0.6) is 0 Å². The van der Waals surface area contributed by atoms with Gasteiger partial charge in [-0.05, 0) is 55.7 Å². The zero-order valence-corrected chi connectivity index (χ0v) is 16.8. The molecule has 0 spiro atoms. The lowest BCUT2D eigenvalue weighted by Gasteiger charge is -2.17. The van der Waals surface area contributed by atoms with E-state index in [9.17, 15) is 9.59 Å². The minimum absolute atomic E-state index is 0.0228. The molecule has 1 aliphatic carbocycles. The number of ketones is 1. The first kappa shape index (κ1) is 20.3. The van der Waals surface area contributed by atoms with Gasteiger partial charge in [-0.15, -0.1) is 0 Å². The van der Waals surface area contributed by atoms with E-state index in [2.05, 4.69) is 22.4 Å². The fraction of sp³-hybridized carbons (Fsp3) is 0.409. The van der Waals surface area contributed by atoms with Gasteiger partial charge in [0.2, 0.25) is 5.91 Å². The van der Waals surface area contributed by atoms with E-state index in [4.69, 9.17) is 17.3 Å². The molecule has 3 rings (SSSR count). The van der Waals surface area contributed by atoms with Crippen LogP contribution >= 0.6 is 11.6 Å². The van der Waals surface area contributed by atoms with Crippen LogP contribution in [0, 0.1) is 5.92 Å². The Morgan fingerprint density at radius 2 is 2.04 bits per heavy atom. The highest BCUT2D eigenvalue weighted by Gasteiger charge is 2.31. The first-order valence-electron chi connectivity index (χ1n) is 9.72. The lowest BCUT2D eigenvalue weighted by molar-refractivity contribution is -0.129. The number of anilines is 1. The maximum atomic E-state index is 12.6. The van der Waals surface area contributed by atoms with Gasteiger partial charge < -0.3 is 11.1 Å². The van der Waals surface area contributed by atoms with Gasteiger partial charge in [-0.25, -0.2) is 4.98 Å². The summed E-state index contributed by atoms with van der Waals surface area (Å²) in [5.74, 6) is 0.717. The van der Waals surface area contributed by atoms with Crippen molar-refractivity contribution in [1.82, 2.24) is 10.3 Å². The third-order valence-electron chi connectivity index (χ3n) is 5.52. The molecule has 0 aliphatic heterocycles. The summed E-state index contributed by atoms with van der Waals surface area (Å²) in [4.78, 5) is 29.0. The normalized spacial score (nSPS) is 19.9. The van der Waals surface area contributed by atoms with Crippen LogP contribution in [0.3, 0.4) is 0 Å². The fourth-order valence-electron chi connectivity index (χ4n) is 3.83. The molecular weight excluding hydrogens is 374 g/mol. The number of carbonyl (C=O) groups excluding carboxylic acids is 2. The van der Waals surface area contributed by atoms with Crippen LogP contribution in [0.15, 0.2) is 42.6 Å². The Hall–Kier alpha value is -2.40. The van der Waals surface area contributed by atoms with E-state index >= 15 is 0 Å². The molecule has 1 unspecified atom stereocenters. The van der Waals surface area contributed by atoms with Crippen LogP contribution in [-0.2, 0) is 16.0 Å². The van der Waals surface area contributed by atoms with Crippen molar-refractivity contribution < 1.29 is 9.59 Å². The van der Waals surface area contributed by atoms with Gasteiger partial charge in [-0.1, -0.05) is 41.9 Å². The van der Waals surface area contributed by atoms with Gasteiger partial charge in [0.05, 0.1) is 11.1 Å². The number of nitrogens with one attached hydrogen (secondary N) is 1. The topological polar surface area (TPSA) is 85.1 Å². The van der Waals surface area contributed by atoms with Crippen molar-refractivity contribution in [3.8, 4) is 0 Å². The maximum absolute atomic E-state index is 12.6. The zero-order chi connectivity index (χ0) is 20.1. The van der Waals surface area contributed by atoms with E-state index in [1.807, 2.05) is 18.2 Å². The van der Waals surface area contributed by atoms with E-state index < -0.39 is 6.04 Å². The molecule has 0 radical (unpaired) electrons. The Bertz CT molecular complexity index is 841. The Balaban J connectivity index is 1.48. The zero-order valence-electron chi connectivity index (χ0n) is 16.0. The molecule has 1 heterocycles. The van der Waals surface area contributed by atoms with Crippen LogP contribution in [0.4, 0.5) is 5.82 Å². The average molecular weight is 400 g/mol. The van der Waals surface area contributed by atoms with E-state index in [1.54, 1.807) is 13.0 Å². The highest BCUT2D eigenvalue weighted by atomic mass is 35.5. The fourth-order valence-corrected chi connectivity index (χ4v) is 4.01. The van der Waals surface area contributed by atoms with Crippen molar-refractivity contribution in [3.05, 3.63) is 58.7 Å². The number of nitrogen functional groups attached to an aromatic ring is 1. The predicted octanol–water partition coefficient (Wildman–Crippen LogP) is 3.91. The molecule has 1 aromatic carbocycles. The Morgan fingerprint density at radius 3 is 2.79 bits per heavy atom. The maximum Gasteiger partial charge on any atom is 0.223 e. The Labute approximate surface area is 170 Å². The summed E-state index contributed by atoms with van der Waals surface area (Å²) < 4.78 is 0. The van der Waals surface area contributed by atoms with Gasteiger partial charge in [-0.3, -0.25) is 9.59 Å². The van der Waals surface area contributed by atoms with Gasteiger partial charge in [0.1, 0.15) is 5.82 Å². The van der Waals surface area contributed by atoms with Crippen LogP contribution in [-0.4, -0.2) is 22.7 Å². The number of halogens is 1. The quantitative estimate of drug-likeness (QED) is 0.739. The monoisotopic (exact) mass is 399 g/mol. The SMILES string of the molecule is C[C@H](NC(=O)[C@@H]1CCC(c2ccccc2)C1)C(=O)CCc1cc(Cl)cnc1N. The molecule has 5 nitrogen and oxygen atoms in total. The summed E-state index contributed by atoms with van der Waals surface area (Å²) in [6.45, 7) is 1.74. The molecule has 3 N–H and O–H groups in total. The number of benzene rings is 1. The predicted molar refractivity (Wildman–Crippen MR) is 111 cm³/mol. The van der Waals surface area contributed by atoms with E-state index in [-0.39, 0.29) is 24.0 Å². The number of aryl methyl sites for hydroxylation is 1. The molecule has 148 valence electrons. The van der Waals surface area contributed by atoms with Crippen LogP contribution < -0.4 is 11.1 Å². The second kappa shape index (κ2) is 9.20. The van der Waals surface area contributed by atoms with Gasteiger partial charge in [0.15, 0.2) is 5.78 Å². The van der Waals surface area contributed by atoms with Gasteiger partial charge >= 0.3 is 0 Å². The first-order chi connectivity index (χ1) is 13.4. The second-order valence-corrected chi connectivity index (χ2v) is 7.95. The van der Waals surface area contributed by atoms with Crippen molar-refractivity contribution in [2.75, 3.05) is 5.73 Å². The molecule has 0 bridgehead atoms. The van der Waals surface area contributed by atoms with Crippen molar-refractivity contribution in [2.24, 2.45) is 5.92 Å². The van der Waals surface area contributed by atoms with Crippen molar-refractivity contribution in [2.45, 2.75) is 51.0 Å². The number of hydrogen-bond acceptors (Lipinski definition) is 4. The minimum Gasteiger partial charge on any atom is -0.383 e. The van der Waals surface area contributed by atoms with Crippen LogP contribution in [0.2, 0.25) is 5.02 Å².